The quantitative estimate of drug-likeness (QED) is 0.504. The van der Waals surface area contributed by atoms with Gasteiger partial charge in [0.1, 0.15) is 22.9 Å². The van der Waals surface area contributed by atoms with E-state index in [1.807, 2.05) is 12.1 Å². The minimum atomic E-state index is -0.684. The van der Waals surface area contributed by atoms with E-state index in [4.69, 9.17) is 4.74 Å². The number of likely N-dealkylation sites (N-methyl/N-ethyl adjacent to an activating group) is 1. The molecule has 0 aliphatic heterocycles. The molecule has 4 rings (SSSR count). The lowest BCUT2D eigenvalue weighted by atomic mass is 10.1. The Hall–Kier alpha value is -3.94. The highest BCUT2D eigenvalue weighted by Crippen LogP contribution is 2.27. The molecule has 0 spiro atoms. The number of aromatic nitrogens is 1. The predicted octanol–water partition coefficient (Wildman–Crippen LogP) is 5.55. The van der Waals surface area contributed by atoms with Gasteiger partial charge < -0.3 is 15.0 Å². The number of anilines is 3. The second kappa shape index (κ2) is 9.74. The molecule has 0 radical (unpaired) electrons. The Balaban J connectivity index is 1.60. The van der Waals surface area contributed by atoms with Crippen LogP contribution in [0, 0.1) is 5.82 Å². The first-order valence-electron chi connectivity index (χ1n) is 11.5. The Morgan fingerprint density at radius 2 is 1.69 bits per heavy atom. The van der Waals surface area contributed by atoms with Crippen LogP contribution in [-0.2, 0) is 17.6 Å². The Labute approximate surface area is 204 Å². The largest absolute Gasteiger partial charge is 0.444 e. The van der Waals surface area contributed by atoms with Crippen molar-refractivity contribution in [1.29, 1.82) is 0 Å². The fourth-order valence-corrected chi connectivity index (χ4v) is 4.07. The van der Waals surface area contributed by atoms with E-state index in [1.54, 1.807) is 50.9 Å². The van der Waals surface area contributed by atoms with Crippen LogP contribution in [0.5, 0.6) is 0 Å². The zero-order valence-corrected chi connectivity index (χ0v) is 20.3. The van der Waals surface area contributed by atoms with Crippen molar-refractivity contribution in [2.24, 2.45) is 0 Å². The molecule has 182 valence electrons. The molecule has 0 bridgehead atoms. The molecule has 1 aliphatic carbocycles. The Kier molecular flexibility index (Phi) is 6.73. The monoisotopic (exact) mass is 476 g/mol. The van der Waals surface area contributed by atoms with Crippen LogP contribution in [0.2, 0.25) is 0 Å². The Morgan fingerprint density at radius 3 is 2.31 bits per heavy atom. The van der Waals surface area contributed by atoms with Crippen LogP contribution in [0.15, 0.2) is 60.7 Å². The molecular formula is C27H29FN4O3. The smallest absolute Gasteiger partial charge is 0.412 e. The number of nitrogens with one attached hydrogen (secondary N) is 2. The number of halogens is 1. The third-order valence-corrected chi connectivity index (χ3v) is 5.68. The van der Waals surface area contributed by atoms with Crippen LogP contribution in [0.25, 0.3) is 0 Å². The van der Waals surface area contributed by atoms with Crippen molar-refractivity contribution in [2.75, 3.05) is 17.7 Å². The van der Waals surface area contributed by atoms with Gasteiger partial charge in [-0.25, -0.2) is 14.2 Å². The lowest BCUT2D eigenvalue weighted by molar-refractivity contribution is 0.0634. The number of carbonyl (C=O) groups excluding carboxylic acids is 2. The number of nitrogens with zero attached hydrogens (tertiary/aromatic N) is 2. The predicted molar refractivity (Wildman–Crippen MR) is 134 cm³/mol. The number of ether oxygens (including phenoxy) is 1. The van der Waals surface area contributed by atoms with Gasteiger partial charge in [0.15, 0.2) is 0 Å². The van der Waals surface area contributed by atoms with Gasteiger partial charge in [-0.05, 0) is 69.0 Å². The Morgan fingerprint density at radius 1 is 1.00 bits per heavy atom. The summed E-state index contributed by atoms with van der Waals surface area (Å²) < 4.78 is 19.0. The van der Waals surface area contributed by atoms with Crippen molar-refractivity contribution in [3.8, 4) is 0 Å². The number of rotatable bonds is 5. The molecular weight excluding hydrogens is 447 g/mol. The molecule has 2 amide bonds. The molecule has 1 aromatic heterocycles. The van der Waals surface area contributed by atoms with E-state index in [9.17, 15) is 14.0 Å². The first-order chi connectivity index (χ1) is 16.6. The van der Waals surface area contributed by atoms with Crippen LogP contribution in [0.4, 0.5) is 26.4 Å². The fraction of sp³-hybridized carbons (Fsp3) is 0.296. The molecule has 0 saturated heterocycles. The molecule has 7 nitrogen and oxygen atoms in total. The topological polar surface area (TPSA) is 83.6 Å². The highest BCUT2D eigenvalue weighted by Gasteiger charge is 2.29. The lowest BCUT2D eigenvalue weighted by Crippen LogP contribution is -2.38. The van der Waals surface area contributed by atoms with Crippen LogP contribution < -0.4 is 10.6 Å². The molecule has 8 heteroatoms. The molecule has 2 aromatic carbocycles. The summed E-state index contributed by atoms with van der Waals surface area (Å²) >= 11 is 0. The fourth-order valence-electron chi connectivity index (χ4n) is 4.07. The average molecular weight is 477 g/mol. The third kappa shape index (κ3) is 6.15. The normalized spacial score (nSPS) is 13.2. The van der Waals surface area contributed by atoms with E-state index < -0.39 is 17.5 Å². The summed E-state index contributed by atoms with van der Waals surface area (Å²) in [6.07, 6.45) is 0.879. The molecule has 1 aliphatic rings. The van der Waals surface area contributed by atoms with Gasteiger partial charge in [0, 0.05) is 24.8 Å². The average Bonchev–Trinajstić information content (AvgIpc) is 3.21. The van der Waals surface area contributed by atoms with E-state index in [1.165, 1.54) is 29.3 Å². The van der Waals surface area contributed by atoms with Crippen molar-refractivity contribution in [1.82, 2.24) is 9.88 Å². The minimum Gasteiger partial charge on any atom is -0.444 e. The summed E-state index contributed by atoms with van der Waals surface area (Å²) in [7, 11) is 1.76. The van der Waals surface area contributed by atoms with Crippen LogP contribution in [0.1, 0.15) is 42.4 Å². The van der Waals surface area contributed by atoms with Gasteiger partial charge in [-0.2, -0.15) is 0 Å². The molecule has 0 unspecified atom stereocenters. The highest BCUT2D eigenvalue weighted by molar-refractivity contribution is 5.95. The molecule has 3 aromatic rings. The van der Waals surface area contributed by atoms with Gasteiger partial charge in [-0.3, -0.25) is 10.1 Å². The van der Waals surface area contributed by atoms with Crippen LogP contribution >= 0.6 is 0 Å². The summed E-state index contributed by atoms with van der Waals surface area (Å²) in [6.45, 7) is 5.29. The van der Waals surface area contributed by atoms with Gasteiger partial charge >= 0.3 is 6.09 Å². The summed E-state index contributed by atoms with van der Waals surface area (Å²) in [6, 6.07) is 17.2. The Bertz CT molecular complexity index is 1230. The molecule has 0 fully saturated rings. The van der Waals surface area contributed by atoms with Crippen LogP contribution in [0.3, 0.4) is 0 Å². The number of benzene rings is 2. The van der Waals surface area contributed by atoms with Gasteiger partial charge in [-0.1, -0.05) is 30.3 Å². The van der Waals surface area contributed by atoms with Crippen molar-refractivity contribution in [2.45, 2.75) is 45.3 Å². The third-order valence-electron chi connectivity index (χ3n) is 5.68. The van der Waals surface area contributed by atoms with E-state index in [-0.39, 0.29) is 23.5 Å². The van der Waals surface area contributed by atoms with E-state index in [2.05, 4.69) is 27.8 Å². The number of amides is 2. The zero-order chi connectivity index (χ0) is 25.2. The standard InChI is InChI=1S/C27H29FN4O3/c1-27(2,3)35-26(34)30-21-15-23(31-24(16-21)29-20-11-7-10-19(28)14-20)25(33)32(4)22-12-17-8-5-6-9-18(17)13-22/h5-11,14-16,22H,12-13H2,1-4H3,(H2,29,30,31,34). The van der Waals surface area contributed by atoms with E-state index >= 15 is 0 Å². The summed E-state index contributed by atoms with van der Waals surface area (Å²) in [4.78, 5) is 32.0. The van der Waals surface area contributed by atoms with E-state index in [0.717, 1.165) is 12.8 Å². The second-order valence-corrected chi connectivity index (χ2v) is 9.64. The minimum absolute atomic E-state index is 0.00352. The summed E-state index contributed by atoms with van der Waals surface area (Å²) in [5, 5.41) is 5.68. The molecule has 1 heterocycles. The maximum absolute atomic E-state index is 13.7. The molecule has 2 N–H and O–H groups in total. The number of fused-ring (bicyclic) bond motifs is 1. The second-order valence-electron chi connectivity index (χ2n) is 9.64. The van der Waals surface area contributed by atoms with Crippen molar-refractivity contribution >= 4 is 29.2 Å². The van der Waals surface area contributed by atoms with Crippen molar-refractivity contribution in [3.63, 3.8) is 0 Å². The maximum Gasteiger partial charge on any atom is 0.412 e. The van der Waals surface area contributed by atoms with Crippen molar-refractivity contribution < 1.29 is 18.7 Å². The molecule has 35 heavy (non-hydrogen) atoms. The maximum atomic E-state index is 13.7. The highest BCUT2D eigenvalue weighted by atomic mass is 19.1. The molecule has 0 atom stereocenters. The first kappa shape index (κ1) is 24.2. The summed E-state index contributed by atoms with van der Waals surface area (Å²) in [5.41, 5.74) is 2.73. The number of hydrogen-bond acceptors (Lipinski definition) is 5. The van der Waals surface area contributed by atoms with Gasteiger partial charge in [0.25, 0.3) is 5.91 Å². The van der Waals surface area contributed by atoms with Gasteiger partial charge in [0.2, 0.25) is 0 Å². The van der Waals surface area contributed by atoms with E-state index in [0.29, 0.717) is 11.4 Å². The first-order valence-corrected chi connectivity index (χ1v) is 11.5. The van der Waals surface area contributed by atoms with Crippen LogP contribution in [-0.4, -0.2) is 40.6 Å². The SMILES string of the molecule is CN(C(=O)c1cc(NC(=O)OC(C)(C)C)cc(Nc2cccc(F)c2)n1)C1Cc2ccccc2C1. The molecule has 0 saturated carbocycles. The van der Waals surface area contributed by atoms with Gasteiger partial charge in [0.05, 0.1) is 5.69 Å². The number of carbonyl (C=O) groups is 2. The summed E-state index contributed by atoms with van der Waals surface area (Å²) in [5.74, 6) is -0.400. The van der Waals surface area contributed by atoms with Gasteiger partial charge in [-0.15, -0.1) is 0 Å². The lowest BCUT2D eigenvalue weighted by Gasteiger charge is -2.24. The number of hydrogen-bond donors (Lipinski definition) is 2. The number of pyridine rings is 1. The zero-order valence-electron chi connectivity index (χ0n) is 20.3. The van der Waals surface area contributed by atoms with Crippen molar-refractivity contribution in [3.05, 3.63) is 83.3 Å².